The molecule has 0 amide bonds. The number of nitrogens with one attached hydrogen (secondary N) is 1. The number of rotatable bonds is 5. The van der Waals surface area contributed by atoms with Crippen LogP contribution >= 0.6 is 23.2 Å². The molecule has 2 aromatic heterocycles. The molecule has 2 N–H and O–H groups in total. The maximum Gasteiger partial charge on any atom is 0.227 e. The fourth-order valence-corrected chi connectivity index (χ4v) is 5.80. The van der Waals surface area contributed by atoms with Crippen molar-refractivity contribution in [2.75, 3.05) is 31.6 Å². The highest BCUT2D eigenvalue weighted by Crippen LogP contribution is 2.41. The first-order valence-electron chi connectivity index (χ1n) is 11.9. The zero-order valence-electron chi connectivity index (χ0n) is 19.3. The van der Waals surface area contributed by atoms with Crippen LogP contribution in [0.5, 0.6) is 0 Å². The lowest BCUT2D eigenvalue weighted by Crippen LogP contribution is -2.58. The van der Waals surface area contributed by atoms with Crippen LogP contribution in [0.3, 0.4) is 0 Å². The highest BCUT2D eigenvalue weighted by Gasteiger charge is 2.47. The Morgan fingerprint density at radius 1 is 1.23 bits per heavy atom. The summed E-state index contributed by atoms with van der Waals surface area (Å²) in [5, 5.41) is 19.7. The van der Waals surface area contributed by atoms with E-state index in [-0.39, 0.29) is 19.1 Å². The molecule has 3 fully saturated rings. The monoisotopic (exact) mass is 520 g/mol. The number of hydrogen-bond donors (Lipinski definition) is 2. The van der Waals surface area contributed by atoms with Gasteiger partial charge >= 0.3 is 0 Å². The van der Waals surface area contributed by atoms with E-state index in [4.69, 9.17) is 27.9 Å². The summed E-state index contributed by atoms with van der Waals surface area (Å²) < 4.78 is 22.8. The molecule has 11 heteroatoms. The quantitative estimate of drug-likeness (QED) is 0.512. The lowest BCUT2D eigenvalue weighted by Gasteiger charge is -2.45. The van der Waals surface area contributed by atoms with Gasteiger partial charge in [0.25, 0.3) is 0 Å². The largest absolute Gasteiger partial charge is 0.389 e. The van der Waals surface area contributed by atoms with Crippen LogP contribution in [-0.2, 0) is 4.74 Å². The van der Waals surface area contributed by atoms with Crippen LogP contribution in [0.4, 0.5) is 16.0 Å². The molecule has 4 atom stereocenters. The van der Waals surface area contributed by atoms with Crippen LogP contribution in [0.2, 0.25) is 10.2 Å². The van der Waals surface area contributed by atoms with E-state index >= 15 is 4.39 Å². The van der Waals surface area contributed by atoms with E-state index in [0.717, 1.165) is 23.8 Å². The first kappa shape index (κ1) is 23.4. The second-order valence-corrected chi connectivity index (χ2v) is 10.8. The number of benzene rings is 1. The normalized spacial score (nSPS) is 29.7. The van der Waals surface area contributed by atoms with Gasteiger partial charge in [-0.15, -0.1) is 0 Å². The average molecular weight is 521 g/mol. The van der Waals surface area contributed by atoms with Crippen molar-refractivity contribution in [3.63, 3.8) is 0 Å². The number of aliphatic hydroxyl groups excluding tert-OH is 1. The predicted octanol–water partition coefficient (Wildman–Crippen LogP) is 4.49. The Balaban J connectivity index is 1.24. The molecule has 6 rings (SSSR count). The van der Waals surface area contributed by atoms with Crippen LogP contribution in [0.1, 0.15) is 43.7 Å². The number of likely N-dealkylation sites (tertiary alicyclic amines) is 1. The Hall–Kier alpha value is -2.04. The second-order valence-electron chi connectivity index (χ2n) is 10.0. The molecule has 2 saturated heterocycles. The third-order valence-electron chi connectivity index (χ3n) is 7.62. The highest BCUT2D eigenvalue weighted by molar-refractivity contribution is 6.32. The Kier molecular flexibility index (Phi) is 5.88. The fourth-order valence-electron chi connectivity index (χ4n) is 5.21. The molecule has 0 spiro atoms. The summed E-state index contributed by atoms with van der Waals surface area (Å²) in [5.41, 5.74) is 1.50. The molecule has 2 aliphatic heterocycles. The van der Waals surface area contributed by atoms with Crippen molar-refractivity contribution in [2.24, 2.45) is 0 Å². The van der Waals surface area contributed by atoms with Crippen LogP contribution < -0.4 is 5.32 Å². The van der Waals surface area contributed by atoms with E-state index in [2.05, 4.69) is 20.4 Å². The maximum atomic E-state index is 15.5. The molecule has 4 unspecified atom stereocenters. The predicted molar refractivity (Wildman–Crippen MR) is 132 cm³/mol. The van der Waals surface area contributed by atoms with E-state index < -0.39 is 17.8 Å². The summed E-state index contributed by atoms with van der Waals surface area (Å²) in [7, 11) is 0. The fraction of sp³-hybridized carbons (Fsp3) is 0.542. The minimum atomic E-state index is -1.13. The number of anilines is 2. The van der Waals surface area contributed by atoms with Crippen LogP contribution in [0.25, 0.3) is 10.9 Å². The number of ether oxygens (including phenoxy) is 1. The molecule has 0 bridgehead atoms. The van der Waals surface area contributed by atoms with Crippen molar-refractivity contribution in [3.8, 4) is 0 Å². The van der Waals surface area contributed by atoms with Crippen LogP contribution in [0.15, 0.2) is 24.5 Å². The molecule has 0 radical (unpaired) electrons. The third kappa shape index (κ3) is 4.17. The molecule has 186 valence electrons. The van der Waals surface area contributed by atoms with Gasteiger partial charge < -0.3 is 15.2 Å². The van der Waals surface area contributed by atoms with E-state index in [1.165, 1.54) is 0 Å². The standard InChI is InChI=1S/C24H27Cl2FN6O2/c1-24(12-35-11-21(24)34)32-5-4-15(18(27)10-32)16-7-19-13(6-17(16)25)8-28-23(30-19)31-20-9-29-33(22(20)26)14-2-3-14/h6-9,14-15,18,21,34H,2-5,10-12H2,1H3,(H,28,30,31). The number of aromatic nitrogens is 4. The van der Waals surface area contributed by atoms with Crippen LogP contribution in [0, 0.1) is 0 Å². The number of halogens is 3. The van der Waals surface area contributed by atoms with Crippen molar-refractivity contribution in [1.29, 1.82) is 0 Å². The average Bonchev–Trinajstić information content (AvgIpc) is 3.54. The third-order valence-corrected chi connectivity index (χ3v) is 8.33. The molecule has 8 nitrogen and oxygen atoms in total. The molecule has 3 aromatic rings. The number of hydrogen-bond acceptors (Lipinski definition) is 7. The Labute approximate surface area is 212 Å². The van der Waals surface area contributed by atoms with Gasteiger partial charge in [0.05, 0.1) is 48.3 Å². The Morgan fingerprint density at radius 3 is 2.77 bits per heavy atom. The summed E-state index contributed by atoms with van der Waals surface area (Å²) >= 11 is 13.1. The van der Waals surface area contributed by atoms with Gasteiger partial charge in [0.1, 0.15) is 6.17 Å². The van der Waals surface area contributed by atoms with E-state index in [1.54, 1.807) is 18.5 Å². The molecule has 3 aliphatic rings. The van der Waals surface area contributed by atoms with Gasteiger partial charge in [-0.2, -0.15) is 5.10 Å². The molecule has 1 saturated carbocycles. The van der Waals surface area contributed by atoms with Gasteiger partial charge in [0, 0.05) is 29.1 Å². The summed E-state index contributed by atoms with van der Waals surface area (Å²) in [6, 6.07) is 4.03. The summed E-state index contributed by atoms with van der Waals surface area (Å²) in [5.74, 6) is 0.0292. The number of nitrogens with zero attached hydrogens (tertiary/aromatic N) is 5. The molecule has 4 heterocycles. The van der Waals surface area contributed by atoms with Crippen molar-refractivity contribution in [3.05, 3.63) is 40.3 Å². The summed E-state index contributed by atoms with van der Waals surface area (Å²) in [4.78, 5) is 11.0. The Bertz CT molecular complexity index is 1270. The molecule has 1 aromatic carbocycles. The minimum Gasteiger partial charge on any atom is -0.389 e. The SMILES string of the molecule is CC1(N2CCC(c3cc4nc(Nc5cnn(C6CC6)c5Cl)ncc4cc3Cl)C(F)C2)COCC1O. The molecular weight excluding hydrogens is 494 g/mol. The van der Waals surface area contributed by atoms with E-state index in [0.29, 0.717) is 52.9 Å². The van der Waals surface area contributed by atoms with Crippen molar-refractivity contribution in [2.45, 2.75) is 56.0 Å². The topological polar surface area (TPSA) is 88.3 Å². The van der Waals surface area contributed by atoms with Crippen molar-refractivity contribution in [1.82, 2.24) is 24.6 Å². The first-order valence-corrected chi connectivity index (χ1v) is 12.7. The number of fused-ring (bicyclic) bond motifs is 1. The van der Waals surface area contributed by atoms with Crippen molar-refractivity contribution < 1.29 is 14.2 Å². The van der Waals surface area contributed by atoms with E-state index in [1.807, 2.05) is 22.6 Å². The van der Waals surface area contributed by atoms with Crippen LogP contribution in [-0.4, -0.2) is 73.9 Å². The minimum absolute atomic E-state index is 0.218. The zero-order valence-corrected chi connectivity index (χ0v) is 20.8. The molecule has 35 heavy (non-hydrogen) atoms. The highest BCUT2D eigenvalue weighted by atomic mass is 35.5. The Morgan fingerprint density at radius 2 is 2.06 bits per heavy atom. The number of aliphatic hydroxyl groups is 1. The van der Waals surface area contributed by atoms with Gasteiger partial charge in [-0.05, 0) is 50.4 Å². The first-order chi connectivity index (χ1) is 16.8. The van der Waals surface area contributed by atoms with Crippen molar-refractivity contribution >= 4 is 45.7 Å². The maximum absolute atomic E-state index is 15.5. The second kappa shape index (κ2) is 8.81. The van der Waals surface area contributed by atoms with Gasteiger partial charge in [0.15, 0.2) is 5.15 Å². The van der Waals surface area contributed by atoms with Gasteiger partial charge in [0.2, 0.25) is 5.95 Å². The smallest absolute Gasteiger partial charge is 0.227 e. The summed E-state index contributed by atoms with van der Waals surface area (Å²) in [6.07, 6.45) is 4.37. The number of alkyl halides is 1. The lowest BCUT2D eigenvalue weighted by molar-refractivity contribution is -0.0237. The summed E-state index contributed by atoms with van der Waals surface area (Å²) in [6.45, 7) is 3.49. The molecule has 1 aliphatic carbocycles. The van der Waals surface area contributed by atoms with Gasteiger partial charge in [-0.25, -0.2) is 19.0 Å². The van der Waals surface area contributed by atoms with Gasteiger partial charge in [-0.1, -0.05) is 23.2 Å². The molecular formula is C24H27Cl2FN6O2. The number of piperidine rings is 1. The van der Waals surface area contributed by atoms with E-state index in [9.17, 15) is 5.11 Å². The lowest BCUT2D eigenvalue weighted by atomic mass is 9.84. The zero-order chi connectivity index (χ0) is 24.3. The van der Waals surface area contributed by atoms with Gasteiger partial charge in [-0.3, -0.25) is 4.90 Å².